The van der Waals surface area contributed by atoms with Gasteiger partial charge in [0.2, 0.25) is 0 Å². The molecule has 1 heterocycles. The SMILES string of the molecule is Fc1ccc(CCNc2ccc(Br)cn2)c(F)c1. The van der Waals surface area contributed by atoms with Crippen molar-refractivity contribution in [2.75, 3.05) is 11.9 Å². The van der Waals surface area contributed by atoms with Gasteiger partial charge < -0.3 is 5.32 Å². The summed E-state index contributed by atoms with van der Waals surface area (Å²) in [5, 5.41) is 3.07. The van der Waals surface area contributed by atoms with Gasteiger partial charge in [0.05, 0.1) is 0 Å². The van der Waals surface area contributed by atoms with Crippen LogP contribution >= 0.6 is 15.9 Å². The molecule has 1 aromatic carbocycles. The minimum Gasteiger partial charge on any atom is -0.370 e. The van der Waals surface area contributed by atoms with E-state index in [-0.39, 0.29) is 0 Å². The fourth-order valence-electron chi connectivity index (χ4n) is 1.53. The van der Waals surface area contributed by atoms with E-state index in [9.17, 15) is 8.78 Å². The van der Waals surface area contributed by atoms with Crippen LogP contribution in [0, 0.1) is 11.6 Å². The fourth-order valence-corrected chi connectivity index (χ4v) is 1.76. The molecule has 1 N–H and O–H groups in total. The van der Waals surface area contributed by atoms with Gasteiger partial charge in [0, 0.05) is 23.3 Å². The van der Waals surface area contributed by atoms with Crippen LogP contribution in [0.4, 0.5) is 14.6 Å². The van der Waals surface area contributed by atoms with Crippen molar-refractivity contribution in [1.29, 1.82) is 0 Å². The first-order valence-corrected chi connectivity index (χ1v) is 6.24. The molecule has 0 fully saturated rings. The van der Waals surface area contributed by atoms with Crippen molar-refractivity contribution in [3.8, 4) is 0 Å². The van der Waals surface area contributed by atoms with Crippen LogP contribution in [0.2, 0.25) is 0 Å². The first-order chi connectivity index (χ1) is 8.65. The molecule has 0 aliphatic carbocycles. The van der Waals surface area contributed by atoms with Crippen LogP contribution in [0.5, 0.6) is 0 Å². The quantitative estimate of drug-likeness (QED) is 0.929. The fraction of sp³-hybridized carbons (Fsp3) is 0.154. The molecule has 0 saturated carbocycles. The minimum atomic E-state index is -0.557. The first kappa shape index (κ1) is 13.0. The Balaban J connectivity index is 1.90. The maximum absolute atomic E-state index is 13.3. The highest BCUT2D eigenvalue weighted by molar-refractivity contribution is 9.10. The summed E-state index contributed by atoms with van der Waals surface area (Å²) >= 11 is 3.29. The molecule has 0 radical (unpaired) electrons. The highest BCUT2D eigenvalue weighted by atomic mass is 79.9. The molecule has 0 saturated heterocycles. The normalized spacial score (nSPS) is 10.4. The molecular formula is C13H11BrF2N2. The molecule has 0 unspecified atom stereocenters. The van der Waals surface area contributed by atoms with E-state index in [2.05, 4.69) is 26.2 Å². The molecule has 0 spiro atoms. The molecule has 0 aliphatic heterocycles. The zero-order chi connectivity index (χ0) is 13.0. The third-order valence-electron chi connectivity index (χ3n) is 2.44. The van der Waals surface area contributed by atoms with Crippen molar-refractivity contribution in [2.45, 2.75) is 6.42 Å². The van der Waals surface area contributed by atoms with E-state index >= 15 is 0 Å². The summed E-state index contributed by atoms with van der Waals surface area (Å²) in [6.07, 6.45) is 2.16. The van der Waals surface area contributed by atoms with Gasteiger partial charge in [0.1, 0.15) is 17.5 Å². The lowest BCUT2D eigenvalue weighted by molar-refractivity contribution is 0.572. The van der Waals surface area contributed by atoms with Crippen molar-refractivity contribution >= 4 is 21.7 Å². The van der Waals surface area contributed by atoms with Crippen LogP contribution in [0.3, 0.4) is 0 Å². The molecule has 2 aromatic rings. The van der Waals surface area contributed by atoms with Crippen LogP contribution < -0.4 is 5.32 Å². The predicted octanol–water partition coefficient (Wildman–Crippen LogP) is 3.78. The number of nitrogens with one attached hydrogen (secondary N) is 1. The van der Waals surface area contributed by atoms with Crippen LogP contribution in [0.1, 0.15) is 5.56 Å². The van der Waals surface area contributed by atoms with Gasteiger partial charge in [0.15, 0.2) is 0 Å². The summed E-state index contributed by atoms with van der Waals surface area (Å²) in [4.78, 5) is 4.13. The number of benzene rings is 1. The molecule has 18 heavy (non-hydrogen) atoms. The maximum atomic E-state index is 13.3. The number of halogens is 3. The lowest BCUT2D eigenvalue weighted by Crippen LogP contribution is -2.07. The van der Waals surface area contributed by atoms with Crippen LogP contribution in [-0.4, -0.2) is 11.5 Å². The summed E-state index contributed by atoms with van der Waals surface area (Å²) in [6.45, 7) is 0.539. The summed E-state index contributed by atoms with van der Waals surface area (Å²) in [7, 11) is 0. The van der Waals surface area contributed by atoms with Crippen molar-refractivity contribution in [3.63, 3.8) is 0 Å². The highest BCUT2D eigenvalue weighted by Gasteiger charge is 2.03. The number of nitrogens with zero attached hydrogens (tertiary/aromatic N) is 1. The van der Waals surface area contributed by atoms with Crippen molar-refractivity contribution in [2.24, 2.45) is 0 Å². The zero-order valence-electron chi connectivity index (χ0n) is 9.46. The second-order valence-electron chi connectivity index (χ2n) is 3.77. The molecule has 94 valence electrons. The maximum Gasteiger partial charge on any atom is 0.129 e. The summed E-state index contributed by atoms with van der Waals surface area (Å²) in [5.41, 5.74) is 0.487. The number of anilines is 1. The second kappa shape index (κ2) is 5.91. The summed E-state index contributed by atoms with van der Waals surface area (Å²) in [6, 6.07) is 7.31. The first-order valence-electron chi connectivity index (χ1n) is 5.44. The zero-order valence-corrected chi connectivity index (χ0v) is 11.0. The third kappa shape index (κ3) is 3.50. The number of hydrogen-bond acceptors (Lipinski definition) is 2. The van der Waals surface area contributed by atoms with Gasteiger partial charge in [-0.05, 0) is 46.1 Å². The van der Waals surface area contributed by atoms with Crippen LogP contribution in [0.15, 0.2) is 41.0 Å². The van der Waals surface area contributed by atoms with Gasteiger partial charge in [-0.2, -0.15) is 0 Å². The monoisotopic (exact) mass is 312 g/mol. The Morgan fingerprint density at radius 3 is 2.67 bits per heavy atom. The molecule has 2 nitrogen and oxygen atoms in total. The number of rotatable bonds is 4. The van der Waals surface area contributed by atoms with E-state index in [4.69, 9.17) is 0 Å². The molecular weight excluding hydrogens is 302 g/mol. The van der Waals surface area contributed by atoms with E-state index < -0.39 is 11.6 Å². The van der Waals surface area contributed by atoms with Gasteiger partial charge in [-0.25, -0.2) is 13.8 Å². The smallest absolute Gasteiger partial charge is 0.129 e. The van der Waals surface area contributed by atoms with E-state index in [0.29, 0.717) is 18.5 Å². The van der Waals surface area contributed by atoms with E-state index in [1.54, 1.807) is 6.20 Å². The molecule has 5 heteroatoms. The van der Waals surface area contributed by atoms with Crippen molar-refractivity contribution < 1.29 is 8.78 Å². The van der Waals surface area contributed by atoms with Crippen molar-refractivity contribution in [1.82, 2.24) is 4.98 Å². The van der Waals surface area contributed by atoms with E-state index in [1.807, 2.05) is 12.1 Å². The van der Waals surface area contributed by atoms with Gasteiger partial charge in [-0.15, -0.1) is 0 Å². The number of aromatic nitrogens is 1. The molecule has 0 aliphatic rings. The van der Waals surface area contributed by atoms with Gasteiger partial charge in [-0.3, -0.25) is 0 Å². The predicted molar refractivity (Wildman–Crippen MR) is 70.5 cm³/mol. The van der Waals surface area contributed by atoms with Gasteiger partial charge in [-0.1, -0.05) is 6.07 Å². The van der Waals surface area contributed by atoms with E-state index in [0.717, 1.165) is 16.4 Å². The van der Waals surface area contributed by atoms with Crippen molar-refractivity contribution in [3.05, 3.63) is 58.2 Å². The van der Waals surface area contributed by atoms with Crippen LogP contribution in [-0.2, 0) is 6.42 Å². The largest absolute Gasteiger partial charge is 0.370 e. The summed E-state index contributed by atoms with van der Waals surface area (Å²) < 4.78 is 26.9. The van der Waals surface area contributed by atoms with Gasteiger partial charge in [0.25, 0.3) is 0 Å². The Kier molecular flexibility index (Phi) is 4.25. The topological polar surface area (TPSA) is 24.9 Å². The lowest BCUT2D eigenvalue weighted by Gasteiger charge is -2.06. The molecule has 0 bridgehead atoms. The molecule has 0 atom stereocenters. The van der Waals surface area contributed by atoms with Gasteiger partial charge >= 0.3 is 0 Å². The average Bonchev–Trinajstić information content (AvgIpc) is 2.34. The Hall–Kier alpha value is -1.49. The minimum absolute atomic E-state index is 0.476. The third-order valence-corrected chi connectivity index (χ3v) is 2.91. The Labute approximate surface area is 112 Å². The number of pyridine rings is 1. The average molecular weight is 313 g/mol. The Morgan fingerprint density at radius 2 is 2.00 bits per heavy atom. The molecule has 2 rings (SSSR count). The second-order valence-corrected chi connectivity index (χ2v) is 4.69. The van der Waals surface area contributed by atoms with Crippen LogP contribution in [0.25, 0.3) is 0 Å². The Morgan fingerprint density at radius 1 is 1.17 bits per heavy atom. The standard InChI is InChI=1S/C13H11BrF2N2/c14-10-2-4-13(18-8-10)17-6-5-9-1-3-11(15)7-12(9)16/h1-4,7-8H,5-6H2,(H,17,18). The highest BCUT2D eigenvalue weighted by Crippen LogP contribution is 2.12. The summed E-state index contributed by atoms with van der Waals surface area (Å²) in [5.74, 6) is -0.347. The molecule has 1 aromatic heterocycles. The number of hydrogen-bond donors (Lipinski definition) is 1. The Bertz CT molecular complexity index is 529. The molecule has 0 amide bonds. The van der Waals surface area contributed by atoms with E-state index in [1.165, 1.54) is 12.1 Å². The lowest BCUT2D eigenvalue weighted by atomic mass is 10.1.